The molecule has 0 spiro atoms. The van der Waals surface area contributed by atoms with Crippen LogP contribution in [0.3, 0.4) is 0 Å². The number of thioether (sulfide) groups is 1. The molecule has 0 atom stereocenters. The summed E-state index contributed by atoms with van der Waals surface area (Å²) in [6, 6.07) is 22.1. The molecule has 5 heteroatoms. The third kappa shape index (κ3) is 3.49. The molecule has 1 aliphatic rings. The molecule has 1 aliphatic heterocycles. The van der Waals surface area contributed by atoms with Crippen molar-refractivity contribution in [2.24, 2.45) is 0 Å². The van der Waals surface area contributed by atoms with Crippen LogP contribution in [0.15, 0.2) is 71.6 Å². The minimum absolute atomic E-state index is 0.165. The molecule has 0 radical (unpaired) electrons. The van der Waals surface area contributed by atoms with E-state index in [9.17, 15) is 4.79 Å². The number of amides is 1. The van der Waals surface area contributed by atoms with E-state index in [0.29, 0.717) is 15.8 Å². The number of hydrogen-bond acceptors (Lipinski definition) is 4. The molecular weight excluding hydrogens is 362 g/mol. The topological polar surface area (TPSA) is 38.3 Å². The van der Waals surface area contributed by atoms with Crippen LogP contribution in [-0.4, -0.2) is 10.2 Å². The summed E-state index contributed by atoms with van der Waals surface area (Å²) in [7, 11) is 0. The van der Waals surface area contributed by atoms with Crippen LogP contribution in [-0.2, 0) is 11.4 Å². The number of fused-ring (bicyclic) bond motifs is 1. The Balaban J connectivity index is 1.76. The first-order chi connectivity index (χ1) is 12.7. The summed E-state index contributed by atoms with van der Waals surface area (Å²) in [4.78, 5) is 12.7. The lowest BCUT2D eigenvalue weighted by Crippen LogP contribution is -2.17. The highest BCUT2D eigenvalue weighted by Crippen LogP contribution is 2.34. The average Bonchev–Trinajstić information content (AvgIpc) is 2.99. The number of carbonyl (C=O) groups is 1. The van der Waals surface area contributed by atoms with Crippen LogP contribution in [0.4, 0.5) is 0 Å². The molecule has 1 saturated heterocycles. The number of rotatable bonds is 4. The molecule has 0 saturated carbocycles. The molecule has 1 N–H and O–H groups in total. The van der Waals surface area contributed by atoms with Gasteiger partial charge in [0.1, 0.15) is 16.7 Å². The van der Waals surface area contributed by atoms with Gasteiger partial charge in [0.15, 0.2) is 0 Å². The van der Waals surface area contributed by atoms with E-state index in [-0.39, 0.29) is 5.91 Å². The van der Waals surface area contributed by atoms with Gasteiger partial charge in [-0.15, -0.1) is 0 Å². The van der Waals surface area contributed by atoms with Gasteiger partial charge < -0.3 is 10.1 Å². The van der Waals surface area contributed by atoms with Crippen LogP contribution in [0.5, 0.6) is 5.75 Å². The van der Waals surface area contributed by atoms with Gasteiger partial charge in [-0.2, -0.15) is 0 Å². The second-order valence-corrected chi connectivity index (χ2v) is 7.54. The van der Waals surface area contributed by atoms with Crippen molar-refractivity contribution in [3.8, 4) is 5.75 Å². The van der Waals surface area contributed by atoms with E-state index in [1.165, 1.54) is 11.8 Å². The third-order valence-corrected chi connectivity index (χ3v) is 5.25. The lowest BCUT2D eigenvalue weighted by Gasteiger charge is -2.12. The van der Waals surface area contributed by atoms with Gasteiger partial charge in [-0.25, -0.2) is 0 Å². The zero-order chi connectivity index (χ0) is 17.9. The Morgan fingerprint density at radius 3 is 2.54 bits per heavy atom. The Morgan fingerprint density at radius 1 is 1.00 bits per heavy atom. The predicted molar refractivity (Wildman–Crippen MR) is 111 cm³/mol. The molecule has 4 rings (SSSR count). The van der Waals surface area contributed by atoms with Crippen molar-refractivity contribution in [1.29, 1.82) is 0 Å². The summed E-state index contributed by atoms with van der Waals surface area (Å²) >= 11 is 6.37. The maximum Gasteiger partial charge on any atom is 0.263 e. The monoisotopic (exact) mass is 377 g/mol. The number of nitrogens with one attached hydrogen (secondary N) is 1. The van der Waals surface area contributed by atoms with E-state index >= 15 is 0 Å². The molecule has 1 amide bonds. The van der Waals surface area contributed by atoms with Gasteiger partial charge in [0, 0.05) is 5.56 Å². The van der Waals surface area contributed by atoms with Gasteiger partial charge in [0.05, 0.1) is 4.91 Å². The molecule has 3 aromatic rings. The van der Waals surface area contributed by atoms with E-state index < -0.39 is 0 Å². The lowest BCUT2D eigenvalue weighted by molar-refractivity contribution is -0.115. The molecule has 1 heterocycles. The minimum Gasteiger partial charge on any atom is -0.488 e. The minimum atomic E-state index is -0.165. The van der Waals surface area contributed by atoms with Gasteiger partial charge in [0.25, 0.3) is 5.91 Å². The summed E-state index contributed by atoms with van der Waals surface area (Å²) in [5.74, 6) is 0.577. The Labute approximate surface area is 161 Å². The first-order valence-electron chi connectivity index (χ1n) is 8.14. The van der Waals surface area contributed by atoms with Crippen molar-refractivity contribution < 1.29 is 9.53 Å². The number of thiocarbonyl (C=S) groups is 1. The molecule has 128 valence electrons. The third-order valence-electron chi connectivity index (χ3n) is 4.09. The maximum absolute atomic E-state index is 12.1. The van der Waals surface area contributed by atoms with Gasteiger partial charge in [-0.3, -0.25) is 4.79 Å². The van der Waals surface area contributed by atoms with E-state index in [1.807, 2.05) is 72.8 Å². The molecular formula is C21H15NO2S2. The van der Waals surface area contributed by atoms with Crippen LogP contribution in [0.1, 0.15) is 11.1 Å². The quantitative estimate of drug-likeness (QED) is 0.518. The predicted octanol–water partition coefficient (Wildman–Crippen LogP) is 4.91. The Hall–Kier alpha value is -2.63. The average molecular weight is 377 g/mol. The maximum atomic E-state index is 12.1. The Kier molecular flexibility index (Phi) is 4.73. The molecule has 3 aromatic carbocycles. The fourth-order valence-corrected chi connectivity index (χ4v) is 3.86. The fourth-order valence-electron chi connectivity index (χ4n) is 2.84. The summed E-state index contributed by atoms with van der Waals surface area (Å²) in [6.45, 7) is 0.465. The summed E-state index contributed by atoms with van der Waals surface area (Å²) in [5.41, 5.74) is 1.98. The zero-order valence-corrected chi connectivity index (χ0v) is 15.4. The first-order valence-corrected chi connectivity index (χ1v) is 9.36. The van der Waals surface area contributed by atoms with Crippen LogP contribution in [0.25, 0.3) is 16.8 Å². The van der Waals surface area contributed by atoms with E-state index in [1.54, 1.807) is 0 Å². The second kappa shape index (κ2) is 7.32. The number of benzene rings is 3. The molecule has 0 unspecified atom stereocenters. The standard InChI is InChI=1S/C21H15NO2S2/c23-20-19(26-21(25)22-20)12-17-16-9-5-4-8-15(16)10-11-18(17)24-13-14-6-2-1-3-7-14/h1-12H,13H2,(H,22,23,25). The van der Waals surface area contributed by atoms with Crippen LogP contribution in [0, 0.1) is 0 Å². The van der Waals surface area contributed by atoms with Gasteiger partial charge in [-0.05, 0) is 28.5 Å². The largest absolute Gasteiger partial charge is 0.488 e. The highest BCUT2D eigenvalue weighted by atomic mass is 32.2. The van der Waals surface area contributed by atoms with Crippen molar-refractivity contribution in [3.63, 3.8) is 0 Å². The van der Waals surface area contributed by atoms with Gasteiger partial charge in [-0.1, -0.05) is 84.6 Å². The molecule has 0 aromatic heterocycles. The van der Waals surface area contributed by atoms with Crippen molar-refractivity contribution >= 4 is 51.1 Å². The molecule has 1 fully saturated rings. The smallest absolute Gasteiger partial charge is 0.263 e. The Bertz CT molecular complexity index is 1030. The van der Waals surface area contributed by atoms with E-state index in [4.69, 9.17) is 17.0 Å². The number of carbonyl (C=O) groups excluding carboxylic acids is 1. The molecule has 0 bridgehead atoms. The number of hydrogen-bond donors (Lipinski definition) is 1. The highest BCUT2D eigenvalue weighted by Gasteiger charge is 2.23. The van der Waals surface area contributed by atoms with Crippen molar-refractivity contribution in [1.82, 2.24) is 5.32 Å². The Morgan fingerprint density at radius 2 is 1.77 bits per heavy atom. The van der Waals surface area contributed by atoms with Crippen LogP contribution >= 0.6 is 24.0 Å². The first kappa shape index (κ1) is 16.8. The van der Waals surface area contributed by atoms with Crippen LogP contribution in [0.2, 0.25) is 0 Å². The van der Waals surface area contributed by atoms with E-state index in [0.717, 1.165) is 27.6 Å². The zero-order valence-electron chi connectivity index (χ0n) is 13.8. The van der Waals surface area contributed by atoms with E-state index in [2.05, 4.69) is 5.32 Å². The molecule has 3 nitrogen and oxygen atoms in total. The van der Waals surface area contributed by atoms with Crippen LogP contribution < -0.4 is 10.1 Å². The highest BCUT2D eigenvalue weighted by molar-refractivity contribution is 8.26. The van der Waals surface area contributed by atoms with Crippen molar-refractivity contribution in [2.75, 3.05) is 0 Å². The molecule has 26 heavy (non-hydrogen) atoms. The second-order valence-electron chi connectivity index (χ2n) is 5.83. The number of ether oxygens (including phenoxy) is 1. The molecule has 0 aliphatic carbocycles. The summed E-state index contributed by atoms with van der Waals surface area (Å²) in [6.07, 6.45) is 1.86. The van der Waals surface area contributed by atoms with Crippen molar-refractivity contribution in [3.05, 3.63) is 82.8 Å². The van der Waals surface area contributed by atoms with Gasteiger partial charge >= 0.3 is 0 Å². The van der Waals surface area contributed by atoms with Gasteiger partial charge in [0.2, 0.25) is 0 Å². The lowest BCUT2D eigenvalue weighted by atomic mass is 10.0. The SMILES string of the molecule is O=C1NC(=S)SC1=Cc1c(OCc2ccccc2)ccc2ccccc12. The summed E-state index contributed by atoms with van der Waals surface area (Å²) < 4.78 is 6.57. The fraction of sp³-hybridized carbons (Fsp3) is 0.0476. The normalized spacial score (nSPS) is 15.5. The van der Waals surface area contributed by atoms with Crippen molar-refractivity contribution in [2.45, 2.75) is 6.61 Å². The summed E-state index contributed by atoms with van der Waals surface area (Å²) in [5, 5.41) is 4.79.